The number of hydrogen-bond acceptors (Lipinski definition) is 2. The molecule has 0 radical (unpaired) electrons. The Hall–Kier alpha value is -3.36. The van der Waals surface area contributed by atoms with E-state index in [0.29, 0.717) is 0 Å². The van der Waals surface area contributed by atoms with Crippen molar-refractivity contribution in [2.45, 2.75) is 0 Å². The first-order valence-corrected chi connectivity index (χ1v) is 12.1. The van der Waals surface area contributed by atoms with Crippen LogP contribution in [0.15, 0.2) is 142 Å². The molecule has 2 heterocycles. The van der Waals surface area contributed by atoms with E-state index in [2.05, 4.69) is 97.1 Å². The maximum atomic E-state index is 5.88. The molecule has 39 heavy (non-hydrogen) atoms. The number of fused-ring (bicyclic) bond motifs is 4. The molecular formula is C34H22Cl2O2Zr. The third kappa shape index (κ3) is 5.68. The molecular weight excluding hydrogens is 603 g/mol. The van der Waals surface area contributed by atoms with Crippen LogP contribution in [0.3, 0.4) is 0 Å². The number of furan rings is 2. The smallest absolute Gasteiger partial charge is 1.00 e. The zero-order valence-corrected chi connectivity index (χ0v) is 24.7. The Labute approximate surface area is 257 Å². The fourth-order valence-corrected chi connectivity index (χ4v) is 4.83. The SMILES string of the molecule is [Cl-].[Cl-].[Zr+4].c1ccc2[cH-]c(-c3cc4ccccc4o3)cc2c1.c1ccc2[cH-]c(-c3cc4ccccc4o3)cc2c1. The molecule has 8 rings (SSSR count). The minimum Gasteiger partial charge on any atom is -1.00 e. The fraction of sp³-hybridized carbons (Fsp3) is 0. The molecule has 0 saturated carbocycles. The number of rotatable bonds is 2. The molecule has 8 aromatic rings. The quantitative estimate of drug-likeness (QED) is 0.273. The Morgan fingerprint density at radius 3 is 1.15 bits per heavy atom. The van der Waals surface area contributed by atoms with Crippen LogP contribution in [0.2, 0.25) is 0 Å². The normalized spacial score (nSPS) is 10.5. The summed E-state index contributed by atoms with van der Waals surface area (Å²) >= 11 is 0. The van der Waals surface area contributed by atoms with Crippen LogP contribution in [-0.2, 0) is 26.2 Å². The van der Waals surface area contributed by atoms with Crippen LogP contribution in [0.4, 0.5) is 0 Å². The average molecular weight is 625 g/mol. The van der Waals surface area contributed by atoms with Crippen LogP contribution in [0.25, 0.3) is 66.1 Å². The van der Waals surface area contributed by atoms with Gasteiger partial charge in [0.1, 0.15) is 11.2 Å². The molecule has 2 aromatic heterocycles. The Kier molecular flexibility index (Phi) is 8.98. The van der Waals surface area contributed by atoms with Gasteiger partial charge in [0.2, 0.25) is 0 Å². The fourth-order valence-electron chi connectivity index (χ4n) is 4.83. The standard InChI is InChI=1S/2C17H11O.2ClH.Zr/c2*1-2-6-13-10-15(9-12(13)5-1)17-11-14-7-3-4-8-16(14)18-17;;;/h2*1-11H;2*1H;/q2*-1;;;+4/p-2. The van der Waals surface area contributed by atoms with Gasteiger partial charge in [0.25, 0.3) is 0 Å². The summed E-state index contributed by atoms with van der Waals surface area (Å²) in [6.07, 6.45) is 0. The first kappa shape index (κ1) is 28.6. The van der Waals surface area contributed by atoms with Crippen molar-refractivity contribution in [1.29, 1.82) is 0 Å². The topological polar surface area (TPSA) is 26.3 Å². The largest absolute Gasteiger partial charge is 4.00 e. The van der Waals surface area contributed by atoms with Crippen LogP contribution in [0, 0.1) is 0 Å². The van der Waals surface area contributed by atoms with Crippen molar-refractivity contribution in [3.8, 4) is 22.6 Å². The number of halogens is 2. The molecule has 5 heteroatoms. The molecule has 0 atom stereocenters. The van der Waals surface area contributed by atoms with Gasteiger partial charge in [0.15, 0.2) is 0 Å². The Morgan fingerprint density at radius 2 is 0.769 bits per heavy atom. The van der Waals surface area contributed by atoms with Crippen molar-refractivity contribution in [3.63, 3.8) is 0 Å². The van der Waals surface area contributed by atoms with E-state index in [1.165, 1.54) is 21.5 Å². The van der Waals surface area contributed by atoms with Crippen molar-refractivity contribution in [1.82, 2.24) is 0 Å². The van der Waals surface area contributed by atoms with Gasteiger partial charge in [-0.2, -0.15) is 0 Å². The van der Waals surface area contributed by atoms with E-state index in [1.807, 2.05) is 36.4 Å². The van der Waals surface area contributed by atoms with E-state index in [1.54, 1.807) is 0 Å². The zero-order chi connectivity index (χ0) is 23.9. The van der Waals surface area contributed by atoms with E-state index >= 15 is 0 Å². The van der Waals surface area contributed by atoms with E-state index in [4.69, 9.17) is 8.83 Å². The van der Waals surface area contributed by atoms with Crippen molar-refractivity contribution >= 4 is 43.5 Å². The molecule has 0 aliphatic carbocycles. The molecule has 0 aliphatic heterocycles. The monoisotopic (exact) mass is 622 g/mol. The first-order valence-electron chi connectivity index (χ1n) is 12.1. The Balaban J connectivity index is 0.000000168. The molecule has 0 unspecified atom stereocenters. The van der Waals surface area contributed by atoms with Crippen LogP contribution < -0.4 is 24.8 Å². The summed E-state index contributed by atoms with van der Waals surface area (Å²) in [5.41, 5.74) is 4.18. The van der Waals surface area contributed by atoms with E-state index < -0.39 is 0 Å². The van der Waals surface area contributed by atoms with Crippen molar-refractivity contribution in [3.05, 3.63) is 133 Å². The summed E-state index contributed by atoms with van der Waals surface area (Å²) in [5, 5.41) is 7.33. The van der Waals surface area contributed by atoms with Crippen LogP contribution in [0.1, 0.15) is 0 Å². The van der Waals surface area contributed by atoms with Crippen LogP contribution in [0.5, 0.6) is 0 Å². The van der Waals surface area contributed by atoms with E-state index in [-0.39, 0.29) is 51.0 Å². The van der Waals surface area contributed by atoms with Crippen molar-refractivity contribution in [2.75, 3.05) is 0 Å². The molecule has 0 fully saturated rings. The summed E-state index contributed by atoms with van der Waals surface area (Å²) < 4.78 is 11.8. The van der Waals surface area contributed by atoms with Gasteiger partial charge >= 0.3 is 26.2 Å². The Morgan fingerprint density at radius 1 is 0.410 bits per heavy atom. The second kappa shape index (κ2) is 12.2. The number of para-hydroxylation sites is 2. The van der Waals surface area contributed by atoms with E-state index in [9.17, 15) is 0 Å². The molecule has 0 saturated heterocycles. The molecule has 2 nitrogen and oxygen atoms in total. The van der Waals surface area contributed by atoms with Crippen LogP contribution in [-0.4, -0.2) is 0 Å². The molecule has 6 aromatic carbocycles. The zero-order valence-electron chi connectivity index (χ0n) is 20.8. The predicted octanol–water partition coefficient (Wildman–Crippen LogP) is 3.95. The summed E-state index contributed by atoms with van der Waals surface area (Å²) in [5.74, 6) is 1.87. The summed E-state index contributed by atoms with van der Waals surface area (Å²) in [7, 11) is 0. The third-order valence-corrected chi connectivity index (χ3v) is 6.66. The van der Waals surface area contributed by atoms with Crippen molar-refractivity contribution in [2.24, 2.45) is 0 Å². The summed E-state index contributed by atoms with van der Waals surface area (Å²) in [6, 6.07) is 45.9. The average Bonchev–Trinajstić information content (AvgIpc) is 3.70. The third-order valence-electron chi connectivity index (χ3n) is 6.66. The van der Waals surface area contributed by atoms with Gasteiger partial charge in [-0.15, -0.1) is 57.9 Å². The van der Waals surface area contributed by atoms with Gasteiger partial charge in [0, 0.05) is 10.8 Å². The second-order valence-electron chi connectivity index (χ2n) is 9.04. The van der Waals surface area contributed by atoms with E-state index in [0.717, 1.165) is 44.6 Å². The van der Waals surface area contributed by atoms with Gasteiger partial charge < -0.3 is 33.6 Å². The maximum absolute atomic E-state index is 5.88. The van der Waals surface area contributed by atoms with Crippen LogP contribution >= 0.6 is 0 Å². The molecule has 0 spiro atoms. The van der Waals surface area contributed by atoms with Gasteiger partial charge in [-0.25, -0.2) is 0 Å². The number of benzene rings is 4. The second-order valence-corrected chi connectivity index (χ2v) is 9.04. The predicted molar refractivity (Wildman–Crippen MR) is 149 cm³/mol. The summed E-state index contributed by atoms with van der Waals surface area (Å²) in [4.78, 5) is 0. The minimum atomic E-state index is 0. The molecule has 188 valence electrons. The molecule has 0 aliphatic rings. The molecule has 0 bridgehead atoms. The minimum absolute atomic E-state index is 0. The van der Waals surface area contributed by atoms with Gasteiger partial charge in [0.05, 0.1) is 11.5 Å². The number of hydrogen-bond donors (Lipinski definition) is 0. The van der Waals surface area contributed by atoms with Gasteiger partial charge in [-0.1, -0.05) is 83.9 Å². The maximum Gasteiger partial charge on any atom is 4.00 e. The van der Waals surface area contributed by atoms with Crippen molar-refractivity contribution < 1.29 is 59.9 Å². The Bertz CT molecular complexity index is 1550. The first-order chi connectivity index (χ1) is 17.8. The molecule has 0 N–H and O–H groups in total. The van der Waals surface area contributed by atoms with Gasteiger partial charge in [-0.05, 0) is 24.3 Å². The molecule has 0 amide bonds. The van der Waals surface area contributed by atoms with Gasteiger partial charge in [-0.3, -0.25) is 0 Å². The summed E-state index contributed by atoms with van der Waals surface area (Å²) in [6.45, 7) is 0.